The first kappa shape index (κ1) is 16.6. The Labute approximate surface area is 144 Å². The van der Waals surface area contributed by atoms with Crippen LogP contribution in [0.2, 0.25) is 0 Å². The summed E-state index contributed by atoms with van der Waals surface area (Å²) in [6.45, 7) is 8.48. The lowest BCUT2D eigenvalue weighted by Gasteiger charge is -2.11. The summed E-state index contributed by atoms with van der Waals surface area (Å²) in [5.41, 5.74) is 4.94. The SMILES string of the molecule is CCCCn1c(NCc2ccc(C(C)C)cc2)nc2ccccc21. The van der Waals surface area contributed by atoms with Crippen LogP contribution >= 0.6 is 0 Å². The minimum atomic E-state index is 0.574. The van der Waals surface area contributed by atoms with Crippen LogP contribution in [0, 0.1) is 0 Å². The topological polar surface area (TPSA) is 29.9 Å². The van der Waals surface area contributed by atoms with Crippen molar-refractivity contribution in [3.05, 3.63) is 59.7 Å². The molecule has 0 fully saturated rings. The molecule has 1 N–H and O–H groups in total. The average Bonchev–Trinajstić information content (AvgIpc) is 2.96. The van der Waals surface area contributed by atoms with Crippen LogP contribution in [0.25, 0.3) is 11.0 Å². The molecule has 126 valence electrons. The van der Waals surface area contributed by atoms with Crippen LogP contribution in [-0.2, 0) is 13.1 Å². The first-order chi connectivity index (χ1) is 11.7. The highest BCUT2D eigenvalue weighted by molar-refractivity contribution is 5.78. The number of rotatable bonds is 7. The molecule has 0 aliphatic heterocycles. The van der Waals surface area contributed by atoms with Crippen molar-refractivity contribution in [2.45, 2.75) is 52.6 Å². The molecule has 1 heterocycles. The number of aromatic nitrogens is 2. The van der Waals surface area contributed by atoms with Gasteiger partial charge in [-0.15, -0.1) is 0 Å². The molecule has 0 aliphatic rings. The van der Waals surface area contributed by atoms with E-state index in [0.29, 0.717) is 5.92 Å². The van der Waals surface area contributed by atoms with Gasteiger partial charge in [-0.25, -0.2) is 4.98 Å². The number of nitrogens with one attached hydrogen (secondary N) is 1. The van der Waals surface area contributed by atoms with E-state index in [0.717, 1.165) is 31.0 Å². The van der Waals surface area contributed by atoms with Gasteiger partial charge in [0, 0.05) is 13.1 Å². The van der Waals surface area contributed by atoms with Crippen molar-refractivity contribution in [2.75, 3.05) is 5.32 Å². The normalized spacial score (nSPS) is 11.3. The van der Waals surface area contributed by atoms with Gasteiger partial charge in [0.15, 0.2) is 0 Å². The van der Waals surface area contributed by atoms with Crippen LogP contribution < -0.4 is 5.32 Å². The van der Waals surface area contributed by atoms with Gasteiger partial charge in [-0.05, 0) is 35.6 Å². The Kier molecular flexibility index (Phi) is 5.19. The van der Waals surface area contributed by atoms with Crippen molar-refractivity contribution in [3.8, 4) is 0 Å². The second-order valence-corrected chi connectivity index (χ2v) is 6.68. The second kappa shape index (κ2) is 7.52. The number of para-hydroxylation sites is 2. The molecule has 0 radical (unpaired) electrons. The molecule has 0 amide bonds. The quantitative estimate of drug-likeness (QED) is 0.616. The lowest BCUT2D eigenvalue weighted by atomic mass is 10.0. The maximum atomic E-state index is 4.78. The summed E-state index contributed by atoms with van der Waals surface area (Å²) in [6, 6.07) is 17.2. The number of anilines is 1. The molecule has 0 saturated heterocycles. The molecule has 3 nitrogen and oxygen atoms in total. The lowest BCUT2D eigenvalue weighted by molar-refractivity contribution is 0.649. The summed E-state index contributed by atoms with van der Waals surface area (Å²) in [5, 5.41) is 3.53. The van der Waals surface area contributed by atoms with Crippen LogP contribution in [0.4, 0.5) is 5.95 Å². The summed E-state index contributed by atoms with van der Waals surface area (Å²) in [5.74, 6) is 1.54. The van der Waals surface area contributed by atoms with Gasteiger partial charge in [0.1, 0.15) is 0 Å². The summed E-state index contributed by atoms with van der Waals surface area (Å²) in [6.07, 6.45) is 2.35. The van der Waals surface area contributed by atoms with E-state index in [9.17, 15) is 0 Å². The molecule has 0 spiro atoms. The third-order valence-corrected chi connectivity index (χ3v) is 4.49. The number of benzene rings is 2. The predicted molar refractivity (Wildman–Crippen MR) is 102 cm³/mol. The number of hydrogen-bond donors (Lipinski definition) is 1. The number of nitrogens with zero attached hydrogens (tertiary/aromatic N) is 2. The molecule has 3 aromatic rings. The Hall–Kier alpha value is -2.29. The molecule has 1 aromatic heterocycles. The van der Waals surface area contributed by atoms with Crippen LogP contribution in [0.3, 0.4) is 0 Å². The Morgan fingerprint density at radius 1 is 1.04 bits per heavy atom. The van der Waals surface area contributed by atoms with E-state index in [-0.39, 0.29) is 0 Å². The highest BCUT2D eigenvalue weighted by atomic mass is 15.2. The van der Waals surface area contributed by atoms with Gasteiger partial charge in [-0.3, -0.25) is 0 Å². The molecular weight excluding hydrogens is 294 g/mol. The number of fused-ring (bicyclic) bond motifs is 1. The van der Waals surface area contributed by atoms with Gasteiger partial charge < -0.3 is 9.88 Å². The van der Waals surface area contributed by atoms with Crippen LogP contribution in [0.15, 0.2) is 48.5 Å². The fourth-order valence-electron chi connectivity index (χ4n) is 2.95. The third-order valence-electron chi connectivity index (χ3n) is 4.49. The van der Waals surface area contributed by atoms with Crippen molar-refractivity contribution in [1.82, 2.24) is 9.55 Å². The van der Waals surface area contributed by atoms with E-state index in [2.05, 4.69) is 73.1 Å². The van der Waals surface area contributed by atoms with Crippen molar-refractivity contribution in [2.24, 2.45) is 0 Å². The summed E-state index contributed by atoms with van der Waals surface area (Å²) in [4.78, 5) is 4.78. The number of unbranched alkanes of at least 4 members (excludes halogenated alkanes) is 1. The molecule has 0 bridgehead atoms. The highest BCUT2D eigenvalue weighted by Gasteiger charge is 2.09. The molecule has 0 saturated carbocycles. The van der Waals surface area contributed by atoms with E-state index < -0.39 is 0 Å². The number of aryl methyl sites for hydroxylation is 1. The van der Waals surface area contributed by atoms with Crippen molar-refractivity contribution >= 4 is 17.0 Å². The third kappa shape index (κ3) is 3.61. The summed E-state index contributed by atoms with van der Waals surface area (Å²) in [7, 11) is 0. The standard InChI is InChI=1S/C21H27N3/c1-4-5-14-24-20-9-7-6-8-19(20)23-21(24)22-15-17-10-12-18(13-11-17)16(2)3/h6-13,16H,4-5,14-15H2,1-3H3,(H,22,23). The summed E-state index contributed by atoms with van der Waals surface area (Å²) >= 11 is 0. The van der Waals surface area contributed by atoms with E-state index in [4.69, 9.17) is 4.98 Å². The zero-order valence-corrected chi connectivity index (χ0v) is 14.9. The zero-order chi connectivity index (χ0) is 16.9. The average molecular weight is 321 g/mol. The van der Waals surface area contributed by atoms with Crippen LogP contribution in [0.1, 0.15) is 50.7 Å². The Balaban J connectivity index is 1.78. The fraction of sp³-hybridized carbons (Fsp3) is 0.381. The minimum absolute atomic E-state index is 0.574. The Morgan fingerprint density at radius 3 is 2.50 bits per heavy atom. The molecule has 3 heteroatoms. The molecule has 0 unspecified atom stereocenters. The van der Waals surface area contributed by atoms with Crippen molar-refractivity contribution in [1.29, 1.82) is 0 Å². The van der Waals surface area contributed by atoms with Gasteiger partial charge >= 0.3 is 0 Å². The number of imidazole rings is 1. The van der Waals surface area contributed by atoms with Crippen LogP contribution in [0.5, 0.6) is 0 Å². The van der Waals surface area contributed by atoms with Crippen LogP contribution in [-0.4, -0.2) is 9.55 Å². The Bertz CT molecular complexity index is 784. The summed E-state index contributed by atoms with van der Waals surface area (Å²) < 4.78 is 2.31. The molecular formula is C21H27N3. The van der Waals surface area contributed by atoms with Crippen molar-refractivity contribution in [3.63, 3.8) is 0 Å². The molecule has 3 rings (SSSR count). The van der Waals surface area contributed by atoms with E-state index in [1.54, 1.807) is 0 Å². The smallest absolute Gasteiger partial charge is 0.204 e. The molecule has 0 aliphatic carbocycles. The van der Waals surface area contributed by atoms with Crippen molar-refractivity contribution < 1.29 is 0 Å². The first-order valence-electron chi connectivity index (χ1n) is 8.97. The molecule has 2 aromatic carbocycles. The number of hydrogen-bond acceptors (Lipinski definition) is 2. The monoisotopic (exact) mass is 321 g/mol. The maximum Gasteiger partial charge on any atom is 0.204 e. The largest absolute Gasteiger partial charge is 0.352 e. The minimum Gasteiger partial charge on any atom is -0.352 e. The predicted octanol–water partition coefficient (Wildman–Crippen LogP) is 5.57. The van der Waals surface area contributed by atoms with Gasteiger partial charge in [0.2, 0.25) is 5.95 Å². The van der Waals surface area contributed by atoms with E-state index >= 15 is 0 Å². The lowest BCUT2D eigenvalue weighted by Crippen LogP contribution is -2.08. The van der Waals surface area contributed by atoms with Gasteiger partial charge in [0.25, 0.3) is 0 Å². The van der Waals surface area contributed by atoms with Gasteiger partial charge in [-0.2, -0.15) is 0 Å². The second-order valence-electron chi connectivity index (χ2n) is 6.68. The maximum absolute atomic E-state index is 4.78. The Morgan fingerprint density at radius 2 is 1.79 bits per heavy atom. The fourth-order valence-corrected chi connectivity index (χ4v) is 2.95. The van der Waals surface area contributed by atoms with E-state index in [1.165, 1.54) is 23.1 Å². The van der Waals surface area contributed by atoms with Gasteiger partial charge in [-0.1, -0.05) is 63.6 Å². The molecule has 0 atom stereocenters. The molecule has 24 heavy (non-hydrogen) atoms. The van der Waals surface area contributed by atoms with Gasteiger partial charge in [0.05, 0.1) is 11.0 Å². The zero-order valence-electron chi connectivity index (χ0n) is 14.9. The first-order valence-corrected chi connectivity index (χ1v) is 8.97. The highest BCUT2D eigenvalue weighted by Crippen LogP contribution is 2.21. The van der Waals surface area contributed by atoms with E-state index in [1.807, 2.05) is 6.07 Å².